The van der Waals surface area contributed by atoms with Crippen LogP contribution in [-0.4, -0.2) is 20.9 Å². The molecule has 0 fully saturated rings. The monoisotopic (exact) mass is 339 g/mol. The Bertz CT molecular complexity index is 787. The fourth-order valence-electron chi connectivity index (χ4n) is 2.76. The van der Waals surface area contributed by atoms with E-state index in [0.717, 1.165) is 16.8 Å². The molecule has 0 amide bonds. The zero-order valence-corrected chi connectivity index (χ0v) is 14.1. The number of nitrogens with zero attached hydrogens (tertiary/aromatic N) is 2. The number of aliphatic hydroxyl groups is 1. The maximum absolute atomic E-state index is 13.0. The largest absolute Gasteiger partial charge is 0.388 e. The number of hydrogen-bond donors (Lipinski definition) is 2. The van der Waals surface area contributed by atoms with Crippen molar-refractivity contribution in [1.82, 2.24) is 15.1 Å². The Labute approximate surface area is 146 Å². The number of aliphatic hydroxyl groups excluding tert-OH is 1. The maximum atomic E-state index is 13.0. The molecule has 1 heterocycles. The number of halogens is 1. The van der Waals surface area contributed by atoms with E-state index in [4.69, 9.17) is 0 Å². The summed E-state index contributed by atoms with van der Waals surface area (Å²) in [5.74, 6) is -0.292. The number of aromatic nitrogens is 2. The van der Waals surface area contributed by atoms with Crippen LogP contribution in [-0.2, 0) is 6.54 Å². The van der Waals surface area contributed by atoms with Gasteiger partial charge < -0.3 is 10.4 Å². The molecular formula is C20H22FN3O. The molecule has 0 spiro atoms. The predicted octanol–water partition coefficient (Wildman–Crippen LogP) is 3.61. The molecule has 3 aromatic rings. The summed E-state index contributed by atoms with van der Waals surface area (Å²) in [6, 6.07) is 16.2. The minimum atomic E-state index is -0.612. The SMILES string of the molecule is CC(CC(O)c1ccc(F)cc1)NCc1cccc(-n2cccn2)c1. The molecule has 2 unspecified atom stereocenters. The molecule has 5 heteroatoms. The lowest BCUT2D eigenvalue weighted by atomic mass is 10.0. The Morgan fingerprint density at radius 2 is 1.96 bits per heavy atom. The predicted molar refractivity (Wildman–Crippen MR) is 95.8 cm³/mol. The molecule has 130 valence electrons. The van der Waals surface area contributed by atoms with Crippen molar-refractivity contribution < 1.29 is 9.50 Å². The lowest BCUT2D eigenvalue weighted by Gasteiger charge is -2.18. The van der Waals surface area contributed by atoms with Crippen LogP contribution < -0.4 is 5.32 Å². The first kappa shape index (κ1) is 17.3. The number of hydrogen-bond acceptors (Lipinski definition) is 3. The molecular weight excluding hydrogens is 317 g/mol. The van der Waals surface area contributed by atoms with Gasteiger partial charge in [0.25, 0.3) is 0 Å². The fraction of sp³-hybridized carbons (Fsp3) is 0.250. The molecule has 0 radical (unpaired) electrons. The van der Waals surface area contributed by atoms with Crippen LogP contribution in [0.15, 0.2) is 67.0 Å². The molecule has 0 saturated heterocycles. The van der Waals surface area contributed by atoms with E-state index < -0.39 is 6.10 Å². The van der Waals surface area contributed by atoms with Crippen molar-refractivity contribution in [3.8, 4) is 5.69 Å². The zero-order valence-electron chi connectivity index (χ0n) is 14.1. The van der Waals surface area contributed by atoms with E-state index in [2.05, 4.69) is 22.5 Å². The molecule has 4 nitrogen and oxygen atoms in total. The topological polar surface area (TPSA) is 50.1 Å². The van der Waals surface area contributed by atoms with E-state index in [0.29, 0.717) is 13.0 Å². The molecule has 0 saturated carbocycles. The van der Waals surface area contributed by atoms with Gasteiger partial charge in [-0.15, -0.1) is 0 Å². The third-order valence-electron chi connectivity index (χ3n) is 4.17. The molecule has 2 N–H and O–H groups in total. The Balaban J connectivity index is 1.54. The number of benzene rings is 2. The van der Waals surface area contributed by atoms with Crippen LogP contribution in [0.4, 0.5) is 4.39 Å². The van der Waals surface area contributed by atoms with Crippen LogP contribution in [0.5, 0.6) is 0 Å². The van der Waals surface area contributed by atoms with Gasteiger partial charge in [0.15, 0.2) is 0 Å². The van der Waals surface area contributed by atoms with Crippen LogP contribution in [0, 0.1) is 5.82 Å². The number of rotatable bonds is 7. The standard InChI is InChI=1S/C20H22FN3O/c1-15(12-20(25)17-6-8-18(21)9-7-17)22-14-16-4-2-5-19(13-16)24-11-3-10-23-24/h2-11,13,15,20,22,25H,12,14H2,1H3. The van der Waals surface area contributed by atoms with Gasteiger partial charge in [-0.3, -0.25) is 0 Å². The third kappa shape index (κ3) is 4.75. The molecule has 0 aliphatic heterocycles. The van der Waals surface area contributed by atoms with Crippen LogP contribution >= 0.6 is 0 Å². The molecule has 2 aromatic carbocycles. The van der Waals surface area contributed by atoms with E-state index in [1.165, 1.54) is 12.1 Å². The maximum Gasteiger partial charge on any atom is 0.123 e. The molecule has 2 atom stereocenters. The first-order valence-electron chi connectivity index (χ1n) is 8.37. The van der Waals surface area contributed by atoms with Crippen molar-refractivity contribution in [2.24, 2.45) is 0 Å². The van der Waals surface area contributed by atoms with Crippen molar-refractivity contribution >= 4 is 0 Å². The van der Waals surface area contributed by atoms with Gasteiger partial charge in [-0.1, -0.05) is 24.3 Å². The summed E-state index contributed by atoms with van der Waals surface area (Å²) < 4.78 is 14.8. The van der Waals surface area contributed by atoms with Gasteiger partial charge in [0.2, 0.25) is 0 Å². The van der Waals surface area contributed by atoms with Crippen LogP contribution in [0.3, 0.4) is 0 Å². The smallest absolute Gasteiger partial charge is 0.123 e. The van der Waals surface area contributed by atoms with Crippen LogP contribution in [0.2, 0.25) is 0 Å². The van der Waals surface area contributed by atoms with Gasteiger partial charge in [-0.2, -0.15) is 5.10 Å². The highest BCUT2D eigenvalue weighted by Gasteiger charge is 2.12. The van der Waals surface area contributed by atoms with Gasteiger partial charge >= 0.3 is 0 Å². The Morgan fingerprint density at radius 1 is 1.16 bits per heavy atom. The summed E-state index contributed by atoms with van der Waals surface area (Å²) in [6.45, 7) is 2.73. The fourth-order valence-corrected chi connectivity index (χ4v) is 2.76. The zero-order chi connectivity index (χ0) is 17.6. The Hall–Kier alpha value is -2.50. The minimum absolute atomic E-state index is 0.119. The first-order chi connectivity index (χ1) is 12.1. The van der Waals surface area contributed by atoms with E-state index in [1.54, 1.807) is 18.3 Å². The highest BCUT2D eigenvalue weighted by Crippen LogP contribution is 2.19. The van der Waals surface area contributed by atoms with Crippen LogP contribution in [0.1, 0.15) is 30.6 Å². The van der Waals surface area contributed by atoms with Crippen molar-refractivity contribution in [2.45, 2.75) is 32.0 Å². The highest BCUT2D eigenvalue weighted by atomic mass is 19.1. The summed E-state index contributed by atoms with van der Waals surface area (Å²) in [7, 11) is 0. The summed E-state index contributed by atoms with van der Waals surface area (Å²) in [4.78, 5) is 0. The lowest BCUT2D eigenvalue weighted by molar-refractivity contribution is 0.153. The van der Waals surface area contributed by atoms with Crippen LogP contribution in [0.25, 0.3) is 5.69 Å². The normalized spacial score (nSPS) is 13.6. The molecule has 0 aliphatic rings. The average Bonchev–Trinajstić information content (AvgIpc) is 3.15. The molecule has 3 rings (SSSR count). The van der Waals surface area contributed by atoms with Crippen molar-refractivity contribution in [2.75, 3.05) is 0 Å². The first-order valence-corrected chi connectivity index (χ1v) is 8.37. The Kier molecular flexibility index (Phi) is 5.58. The summed E-state index contributed by atoms with van der Waals surface area (Å²) in [5.41, 5.74) is 2.90. The van der Waals surface area contributed by atoms with Gasteiger partial charge in [-0.25, -0.2) is 9.07 Å². The molecule has 0 bridgehead atoms. The Morgan fingerprint density at radius 3 is 2.68 bits per heavy atom. The quantitative estimate of drug-likeness (QED) is 0.691. The van der Waals surface area contributed by atoms with E-state index >= 15 is 0 Å². The average molecular weight is 339 g/mol. The third-order valence-corrected chi connectivity index (χ3v) is 4.17. The minimum Gasteiger partial charge on any atom is -0.388 e. The second-order valence-electron chi connectivity index (χ2n) is 6.21. The van der Waals surface area contributed by atoms with Gasteiger partial charge in [0, 0.05) is 25.0 Å². The highest BCUT2D eigenvalue weighted by molar-refractivity contribution is 5.35. The molecule has 0 aliphatic carbocycles. The second-order valence-corrected chi connectivity index (χ2v) is 6.21. The van der Waals surface area contributed by atoms with Gasteiger partial charge in [0.05, 0.1) is 11.8 Å². The van der Waals surface area contributed by atoms with E-state index in [-0.39, 0.29) is 11.9 Å². The van der Waals surface area contributed by atoms with E-state index in [9.17, 15) is 9.50 Å². The summed E-state index contributed by atoms with van der Waals surface area (Å²) in [5, 5.41) is 17.9. The van der Waals surface area contributed by atoms with Crippen molar-refractivity contribution in [3.63, 3.8) is 0 Å². The summed E-state index contributed by atoms with van der Waals surface area (Å²) >= 11 is 0. The van der Waals surface area contributed by atoms with Crippen molar-refractivity contribution in [3.05, 3.63) is 83.9 Å². The van der Waals surface area contributed by atoms with Crippen molar-refractivity contribution in [1.29, 1.82) is 0 Å². The summed E-state index contributed by atoms with van der Waals surface area (Å²) in [6.07, 6.45) is 3.61. The second kappa shape index (κ2) is 8.05. The van der Waals surface area contributed by atoms with E-state index in [1.807, 2.05) is 36.0 Å². The molecule has 25 heavy (non-hydrogen) atoms. The lowest BCUT2D eigenvalue weighted by Crippen LogP contribution is -2.27. The molecule has 1 aromatic heterocycles. The number of nitrogens with one attached hydrogen (secondary N) is 1. The van der Waals surface area contributed by atoms with Gasteiger partial charge in [-0.05, 0) is 54.8 Å². The van der Waals surface area contributed by atoms with Gasteiger partial charge in [0.1, 0.15) is 5.82 Å².